The van der Waals surface area contributed by atoms with Crippen LogP contribution in [-0.4, -0.2) is 15.1 Å². The molecule has 3 rings (SSSR count). The van der Waals surface area contributed by atoms with Crippen LogP contribution in [0.2, 0.25) is 0 Å². The number of nitrogens with zero attached hydrogens (tertiary/aromatic N) is 2. The van der Waals surface area contributed by atoms with Gasteiger partial charge in [-0.15, -0.1) is 0 Å². The molecule has 0 aliphatic carbocycles. The fraction of sp³-hybridized carbons (Fsp3) is 0.417. The van der Waals surface area contributed by atoms with Crippen molar-refractivity contribution in [3.8, 4) is 0 Å². The highest BCUT2D eigenvalue weighted by atomic mass is 32.2. The molecule has 78 valence electrons. The first-order chi connectivity index (χ1) is 7.25. The van der Waals surface area contributed by atoms with Crippen molar-refractivity contribution in [1.29, 1.82) is 0 Å². The van der Waals surface area contributed by atoms with Gasteiger partial charge in [0, 0.05) is 17.1 Å². The third kappa shape index (κ3) is 1.37. The van der Waals surface area contributed by atoms with Crippen molar-refractivity contribution in [3.05, 3.63) is 34.8 Å². The summed E-state index contributed by atoms with van der Waals surface area (Å²) in [6.07, 6.45) is 1.16. The minimum Gasteiger partial charge on any atom is -0.301 e. The smallest absolute Gasteiger partial charge is 0.137 e. The van der Waals surface area contributed by atoms with Crippen LogP contribution in [0.15, 0.2) is 12.1 Å². The standard InChI is InChI=1S/C12H14N2S/c1-8-5-9(2)14-11-3-4-15-7-10(11)13-12(14)6-8/h5-6H,3-4,7H2,1-2H3. The Bertz CT molecular complexity index is 528. The average Bonchev–Trinajstić information content (AvgIpc) is 2.54. The molecule has 0 atom stereocenters. The van der Waals surface area contributed by atoms with Crippen molar-refractivity contribution in [2.24, 2.45) is 0 Å². The highest BCUT2D eigenvalue weighted by Gasteiger charge is 2.17. The molecule has 2 nitrogen and oxygen atoms in total. The summed E-state index contributed by atoms with van der Waals surface area (Å²) in [6.45, 7) is 4.30. The van der Waals surface area contributed by atoms with E-state index in [0.717, 1.165) is 17.8 Å². The van der Waals surface area contributed by atoms with Crippen LogP contribution in [0.3, 0.4) is 0 Å². The molecule has 3 heteroatoms. The van der Waals surface area contributed by atoms with E-state index in [2.05, 4.69) is 30.4 Å². The number of imidazole rings is 1. The van der Waals surface area contributed by atoms with Crippen molar-refractivity contribution in [3.63, 3.8) is 0 Å². The third-order valence-corrected chi connectivity index (χ3v) is 3.92. The highest BCUT2D eigenvalue weighted by molar-refractivity contribution is 7.98. The molecule has 0 unspecified atom stereocenters. The van der Waals surface area contributed by atoms with Crippen molar-refractivity contribution in [2.75, 3.05) is 5.75 Å². The van der Waals surface area contributed by atoms with Crippen LogP contribution < -0.4 is 0 Å². The first kappa shape index (κ1) is 9.28. The summed E-state index contributed by atoms with van der Waals surface area (Å²) in [7, 11) is 0. The molecule has 2 aromatic rings. The zero-order valence-corrected chi connectivity index (χ0v) is 9.90. The van der Waals surface area contributed by atoms with Crippen LogP contribution in [0.25, 0.3) is 5.65 Å². The zero-order chi connectivity index (χ0) is 10.4. The van der Waals surface area contributed by atoms with Crippen LogP contribution in [-0.2, 0) is 12.2 Å². The normalized spacial score (nSPS) is 15.6. The van der Waals surface area contributed by atoms with Crippen molar-refractivity contribution >= 4 is 17.4 Å². The Morgan fingerprint density at radius 2 is 2.20 bits per heavy atom. The number of aryl methyl sites for hydroxylation is 3. The van der Waals surface area contributed by atoms with Crippen LogP contribution in [0.1, 0.15) is 22.6 Å². The predicted octanol–water partition coefficient (Wildman–Crippen LogP) is 2.74. The molecule has 0 fully saturated rings. The van der Waals surface area contributed by atoms with Crippen molar-refractivity contribution < 1.29 is 0 Å². The Morgan fingerprint density at radius 3 is 3.07 bits per heavy atom. The SMILES string of the molecule is Cc1cc(C)n2c3c(nc2c1)CSCC3. The molecule has 2 aromatic heterocycles. The molecular weight excluding hydrogens is 204 g/mol. The van der Waals surface area contributed by atoms with Gasteiger partial charge in [-0.05, 0) is 43.7 Å². The van der Waals surface area contributed by atoms with Crippen molar-refractivity contribution in [2.45, 2.75) is 26.0 Å². The van der Waals surface area contributed by atoms with Crippen LogP contribution in [0.4, 0.5) is 0 Å². The molecule has 0 saturated heterocycles. The van der Waals surface area contributed by atoms with E-state index in [0.29, 0.717) is 0 Å². The second-order valence-electron chi connectivity index (χ2n) is 4.18. The van der Waals surface area contributed by atoms with E-state index in [-0.39, 0.29) is 0 Å². The Labute approximate surface area is 93.7 Å². The number of thioether (sulfide) groups is 1. The second-order valence-corrected chi connectivity index (χ2v) is 5.28. The summed E-state index contributed by atoms with van der Waals surface area (Å²) in [5, 5.41) is 0. The minimum atomic E-state index is 1.08. The lowest BCUT2D eigenvalue weighted by Gasteiger charge is -2.11. The first-order valence-electron chi connectivity index (χ1n) is 5.31. The van der Waals surface area contributed by atoms with E-state index < -0.39 is 0 Å². The van der Waals surface area contributed by atoms with E-state index in [4.69, 9.17) is 4.98 Å². The summed E-state index contributed by atoms with van der Waals surface area (Å²) >= 11 is 1.99. The zero-order valence-electron chi connectivity index (χ0n) is 9.08. The average molecular weight is 218 g/mol. The van der Waals surface area contributed by atoms with Crippen molar-refractivity contribution in [1.82, 2.24) is 9.38 Å². The molecule has 0 amide bonds. The maximum atomic E-state index is 4.72. The van der Waals surface area contributed by atoms with E-state index >= 15 is 0 Å². The van der Waals surface area contributed by atoms with E-state index in [1.54, 1.807) is 0 Å². The maximum absolute atomic E-state index is 4.72. The second kappa shape index (κ2) is 3.27. The van der Waals surface area contributed by atoms with Gasteiger partial charge in [-0.1, -0.05) is 0 Å². The van der Waals surface area contributed by atoms with Gasteiger partial charge >= 0.3 is 0 Å². The van der Waals surface area contributed by atoms with Gasteiger partial charge in [0.1, 0.15) is 5.65 Å². The third-order valence-electron chi connectivity index (χ3n) is 2.95. The maximum Gasteiger partial charge on any atom is 0.137 e. The fourth-order valence-electron chi connectivity index (χ4n) is 2.36. The topological polar surface area (TPSA) is 17.3 Å². The van der Waals surface area contributed by atoms with E-state index in [1.807, 2.05) is 11.8 Å². The van der Waals surface area contributed by atoms with Gasteiger partial charge in [0.05, 0.1) is 5.69 Å². The van der Waals surface area contributed by atoms with Gasteiger partial charge < -0.3 is 4.40 Å². The number of aromatic nitrogens is 2. The fourth-order valence-corrected chi connectivity index (χ4v) is 3.27. The molecule has 0 saturated carbocycles. The van der Waals surface area contributed by atoms with Gasteiger partial charge in [0.15, 0.2) is 0 Å². The molecule has 0 radical (unpaired) electrons. The predicted molar refractivity (Wildman–Crippen MR) is 64.5 cm³/mol. The van der Waals surface area contributed by atoms with Gasteiger partial charge in [0.25, 0.3) is 0 Å². The van der Waals surface area contributed by atoms with E-state index in [9.17, 15) is 0 Å². The monoisotopic (exact) mass is 218 g/mol. The Hall–Kier alpha value is -0.960. The Kier molecular flexibility index (Phi) is 2.02. The number of pyridine rings is 1. The summed E-state index contributed by atoms with van der Waals surface area (Å²) in [6, 6.07) is 4.41. The van der Waals surface area contributed by atoms with Crippen LogP contribution in [0.5, 0.6) is 0 Å². The Morgan fingerprint density at radius 1 is 1.33 bits per heavy atom. The quantitative estimate of drug-likeness (QED) is 0.676. The molecule has 0 aromatic carbocycles. The lowest BCUT2D eigenvalue weighted by Crippen LogP contribution is -2.05. The number of fused-ring (bicyclic) bond motifs is 3. The van der Waals surface area contributed by atoms with Gasteiger partial charge in [-0.3, -0.25) is 0 Å². The Balaban J connectivity index is 2.37. The van der Waals surface area contributed by atoms with Gasteiger partial charge in [-0.2, -0.15) is 11.8 Å². The number of rotatable bonds is 0. The highest BCUT2D eigenvalue weighted by Crippen LogP contribution is 2.26. The molecule has 3 heterocycles. The number of hydrogen-bond acceptors (Lipinski definition) is 2. The summed E-state index contributed by atoms with van der Waals surface area (Å²) in [4.78, 5) is 4.72. The van der Waals surface area contributed by atoms with Gasteiger partial charge in [0.2, 0.25) is 0 Å². The molecule has 0 bridgehead atoms. The molecule has 0 spiro atoms. The largest absolute Gasteiger partial charge is 0.301 e. The lowest BCUT2D eigenvalue weighted by atomic mass is 10.2. The minimum absolute atomic E-state index is 1.08. The number of hydrogen-bond donors (Lipinski definition) is 0. The summed E-state index contributed by atoms with van der Waals surface area (Å²) in [5.41, 5.74) is 6.46. The molecule has 0 N–H and O–H groups in total. The summed E-state index contributed by atoms with van der Waals surface area (Å²) in [5.74, 6) is 2.31. The molecule has 1 aliphatic rings. The lowest BCUT2D eigenvalue weighted by molar-refractivity contribution is 0.936. The van der Waals surface area contributed by atoms with E-state index in [1.165, 1.54) is 28.4 Å². The van der Waals surface area contributed by atoms with Gasteiger partial charge in [-0.25, -0.2) is 4.98 Å². The van der Waals surface area contributed by atoms with Crippen LogP contribution >= 0.6 is 11.8 Å². The molecular formula is C12H14N2S. The molecule has 1 aliphatic heterocycles. The first-order valence-corrected chi connectivity index (χ1v) is 6.46. The molecule has 15 heavy (non-hydrogen) atoms. The summed E-state index contributed by atoms with van der Waals surface area (Å²) < 4.78 is 2.32. The van der Waals surface area contributed by atoms with Crippen LogP contribution in [0, 0.1) is 13.8 Å².